The lowest BCUT2D eigenvalue weighted by atomic mass is 10.1. The molecule has 0 spiro atoms. The number of hydrogen-bond donors (Lipinski definition) is 4. The molecule has 6 heteroatoms. The van der Waals surface area contributed by atoms with Crippen molar-refractivity contribution in [3.63, 3.8) is 0 Å². The number of hydrogen-bond acceptors (Lipinski definition) is 4. The summed E-state index contributed by atoms with van der Waals surface area (Å²) in [6, 6.07) is -0.278. The van der Waals surface area contributed by atoms with E-state index >= 15 is 0 Å². The molecule has 1 atom stereocenters. The number of amides is 1. The number of aromatic amines is 1. The molecule has 1 heterocycles. The highest BCUT2D eigenvalue weighted by Crippen LogP contribution is 2.07. The Morgan fingerprint density at radius 2 is 2.40 bits per heavy atom. The van der Waals surface area contributed by atoms with Gasteiger partial charge in [-0.2, -0.15) is 5.10 Å². The number of carbonyl (C=O) groups excluding carboxylic acids is 1. The van der Waals surface area contributed by atoms with Crippen LogP contribution in [0.1, 0.15) is 24.3 Å². The molecule has 0 fully saturated rings. The largest absolute Gasteiger partial charge is 0.396 e. The molecule has 1 unspecified atom stereocenters. The minimum atomic E-state index is -0.349. The molecule has 84 valence electrons. The van der Waals surface area contributed by atoms with Crippen LogP contribution in [0.3, 0.4) is 0 Å². The van der Waals surface area contributed by atoms with Crippen molar-refractivity contribution >= 4 is 11.6 Å². The third kappa shape index (κ3) is 2.69. The van der Waals surface area contributed by atoms with Gasteiger partial charge in [-0.05, 0) is 5.92 Å². The molecule has 5 N–H and O–H groups in total. The number of nitrogens with zero attached hydrogens (tertiary/aromatic N) is 1. The molecular weight excluding hydrogens is 196 g/mol. The third-order valence-corrected chi connectivity index (χ3v) is 2.21. The number of aliphatic hydroxyl groups excluding tert-OH is 1. The van der Waals surface area contributed by atoms with Gasteiger partial charge >= 0.3 is 0 Å². The molecule has 0 aliphatic heterocycles. The highest BCUT2D eigenvalue weighted by Gasteiger charge is 2.18. The lowest BCUT2D eigenvalue weighted by Crippen LogP contribution is -2.41. The maximum absolute atomic E-state index is 11.6. The Morgan fingerprint density at radius 1 is 1.73 bits per heavy atom. The summed E-state index contributed by atoms with van der Waals surface area (Å²) in [6.07, 6.45) is 1.37. The molecule has 0 aliphatic rings. The molecule has 6 nitrogen and oxygen atoms in total. The van der Waals surface area contributed by atoms with E-state index in [1.54, 1.807) is 0 Å². The number of nitrogens with two attached hydrogens (primary N) is 1. The topological polar surface area (TPSA) is 104 Å². The Hall–Kier alpha value is -1.56. The number of nitrogen functional groups attached to an aromatic ring is 1. The fourth-order valence-corrected chi connectivity index (χ4v) is 1.14. The number of nitrogens with one attached hydrogen (secondary N) is 2. The Labute approximate surface area is 87.9 Å². The van der Waals surface area contributed by atoms with E-state index in [0.29, 0.717) is 5.69 Å². The number of aliphatic hydroxyl groups is 1. The number of carbonyl (C=O) groups is 1. The molecule has 0 aliphatic carbocycles. The van der Waals surface area contributed by atoms with Gasteiger partial charge in [0.2, 0.25) is 0 Å². The summed E-state index contributed by atoms with van der Waals surface area (Å²) in [4.78, 5) is 11.6. The number of anilines is 1. The van der Waals surface area contributed by atoms with Gasteiger partial charge in [-0.25, -0.2) is 0 Å². The molecular formula is C9H16N4O2. The monoisotopic (exact) mass is 212 g/mol. The highest BCUT2D eigenvalue weighted by atomic mass is 16.3. The number of aromatic nitrogens is 2. The van der Waals surface area contributed by atoms with Crippen molar-refractivity contribution in [2.45, 2.75) is 19.9 Å². The van der Waals surface area contributed by atoms with Crippen LogP contribution < -0.4 is 11.1 Å². The average Bonchev–Trinajstić information content (AvgIpc) is 2.60. The normalized spacial score (nSPS) is 12.8. The third-order valence-electron chi connectivity index (χ3n) is 2.21. The van der Waals surface area contributed by atoms with Crippen molar-refractivity contribution in [2.75, 3.05) is 12.3 Å². The standard InChI is InChI=1S/C9H16N4O2/c1-5(2)7(4-14)12-9(15)8-6(10)3-11-13-8/h3,5,7,14H,4,10H2,1-2H3,(H,11,13)(H,12,15). The SMILES string of the molecule is CC(C)C(CO)NC(=O)c1[nH]ncc1N. The van der Waals surface area contributed by atoms with Crippen LogP contribution in [0.15, 0.2) is 6.20 Å². The minimum Gasteiger partial charge on any atom is -0.396 e. The Morgan fingerprint density at radius 3 is 2.80 bits per heavy atom. The van der Waals surface area contributed by atoms with Crippen molar-refractivity contribution in [1.29, 1.82) is 0 Å². The second-order valence-corrected chi connectivity index (χ2v) is 3.71. The van der Waals surface area contributed by atoms with Gasteiger partial charge in [0.1, 0.15) is 5.69 Å². The van der Waals surface area contributed by atoms with Gasteiger partial charge in [0.15, 0.2) is 0 Å². The second kappa shape index (κ2) is 4.79. The fraction of sp³-hybridized carbons (Fsp3) is 0.556. The number of rotatable bonds is 4. The fourth-order valence-electron chi connectivity index (χ4n) is 1.14. The zero-order valence-corrected chi connectivity index (χ0v) is 8.82. The van der Waals surface area contributed by atoms with Crippen LogP contribution in [0.4, 0.5) is 5.69 Å². The van der Waals surface area contributed by atoms with Crippen molar-refractivity contribution in [3.8, 4) is 0 Å². The quantitative estimate of drug-likeness (QED) is 0.552. The summed E-state index contributed by atoms with van der Waals surface area (Å²) in [5.74, 6) is -0.194. The molecule has 1 amide bonds. The molecule has 1 aromatic rings. The van der Waals surface area contributed by atoms with Gasteiger partial charge in [0.05, 0.1) is 24.5 Å². The van der Waals surface area contributed by atoms with Gasteiger partial charge in [0, 0.05) is 0 Å². The first-order valence-corrected chi connectivity index (χ1v) is 4.76. The zero-order valence-electron chi connectivity index (χ0n) is 8.82. The summed E-state index contributed by atoms with van der Waals surface area (Å²) in [7, 11) is 0. The summed E-state index contributed by atoms with van der Waals surface area (Å²) in [5.41, 5.74) is 6.05. The molecule has 0 bridgehead atoms. The smallest absolute Gasteiger partial charge is 0.271 e. The van der Waals surface area contributed by atoms with Gasteiger partial charge in [-0.1, -0.05) is 13.8 Å². The first-order chi connectivity index (χ1) is 7.06. The summed E-state index contributed by atoms with van der Waals surface area (Å²) < 4.78 is 0. The molecule has 0 saturated carbocycles. The van der Waals surface area contributed by atoms with Crippen LogP contribution in [-0.4, -0.2) is 33.9 Å². The molecule has 1 aromatic heterocycles. The second-order valence-electron chi connectivity index (χ2n) is 3.71. The zero-order chi connectivity index (χ0) is 11.4. The van der Waals surface area contributed by atoms with Crippen molar-refractivity contribution in [3.05, 3.63) is 11.9 Å². The number of H-pyrrole nitrogens is 1. The Kier molecular flexibility index (Phi) is 3.68. The van der Waals surface area contributed by atoms with Crippen LogP contribution in [0.25, 0.3) is 0 Å². The van der Waals surface area contributed by atoms with E-state index < -0.39 is 0 Å². The van der Waals surface area contributed by atoms with E-state index in [-0.39, 0.29) is 30.2 Å². The van der Waals surface area contributed by atoms with E-state index in [2.05, 4.69) is 15.5 Å². The maximum atomic E-state index is 11.6. The van der Waals surface area contributed by atoms with E-state index in [0.717, 1.165) is 0 Å². The summed E-state index contributed by atoms with van der Waals surface area (Å²) >= 11 is 0. The van der Waals surface area contributed by atoms with Gasteiger partial charge < -0.3 is 16.2 Å². The molecule has 0 radical (unpaired) electrons. The van der Waals surface area contributed by atoms with Crippen LogP contribution >= 0.6 is 0 Å². The molecule has 0 saturated heterocycles. The molecule has 0 aromatic carbocycles. The predicted octanol–water partition coefficient (Wildman–Crippen LogP) is -0.261. The van der Waals surface area contributed by atoms with Gasteiger partial charge in [-0.15, -0.1) is 0 Å². The van der Waals surface area contributed by atoms with Crippen molar-refractivity contribution in [2.24, 2.45) is 5.92 Å². The first kappa shape index (κ1) is 11.5. The highest BCUT2D eigenvalue weighted by molar-refractivity contribution is 5.97. The Balaban J connectivity index is 2.67. The Bertz CT molecular complexity index is 335. The van der Waals surface area contributed by atoms with Crippen molar-refractivity contribution < 1.29 is 9.90 Å². The maximum Gasteiger partial charge on any atom is 0.271 e. The molecule has 15 heavy (non-hydrogen) atoms. The summed E-state index contributed by atoms with van der Waals surface area (Å²) in [6.45, 7) is 3.73. The van der Waals surface area contributed by atoms with Crippen LogP contribution in [-0.2, 0) is 0 Å². The minimum absolute atomic E-state index is 0.0998. The predicted molar refractivity (Wildman–Crippen MR) is 56.2 cm³/mol. The first-order valence-electron chi connectivity index (χ1n) is 4.76. The average molecular weight is 212 g/mol. The van der Waals surface area contributed by atoms with Crippen LogP contribution in [0, 0.1) is 5.92 Å². The molecule has 1 rings (SSSR count). The van der Waals surface area contributed by atoms with Gasteiger partial charge in [0.25, 0.3) is 5.91 Å². The van der Waals surface area contributed by atoms with Crippen LogP contribution in [0.2, 0.25) is 0 Å². The van der Waals surface area contributed by atoms with E-state index in [9.17, 15) is 4.79 Å². The summed E-state index contributed by atoms with van der Waals surface area (Å²) in [5, 5.41) is 17.9. The van der Waals surface area contributed by atoms with E-state index in [1.165, 1.54) is 6.20 Å². The van der Waals surface area contributed by atoms with E-state index in [4.69, 9.17) is 10.8 Å². The lowest BCUT2D eigenvalue weighted by Gasteiger charge is -2.19. The van der Waals surface area contributed by atoms with Gasteiger partial charge in [-0.3, -0.25) is 9.89 Å². The van der Waals surface area contributed by atoms with Crippen molar-refractivity contribution in [1.82, 2.24) is 15.5 Å². The van der Waals surface area contributed by atoms with Crippen LogP contribution in [0.5, 0.6) is 0 Å². The lowest BCUT2D eigenvalue weighted by molar-refractivity contribution is 0.0892. The van der Waals surface area contributed by atoms with E-state index in [1.807, 2.05) is 13.8 Å².